The van der Waals surface area contributed by atoms with Gasteiger partial charge in [-0.15, -0.1) is 0 Å². The van der Waals surface area contributed by atoms with Gasteiger partial charge >= 0.3 is 0 Å². The van der Waals surface area contributed by atoms with Gasteiger partial charge in [0.1, 0.15) is 12.7 Å². The number of nitrogens with one attached hydrogen (secondary N) is 1. The molecular weight excluding hydrogens is 354 g/mol. The van der Waals surface area contributed by atoms with Gasteiger partial charge in [0.2, 0.25) is 11.8 Å². The number of nitrogens with zero attached hydrogens (tertiary/aromatic N) is 4. The second kappa shape index (κ2) is 8.04. The van der Waals surface area contributed by atoms with Gasteiger partial charge in [-0.1, -0.05) is 42.5 Å². The van der Waals surface area contributed by atoms with Gasteiger partial charge in [-0.05, 0) is 23.3 Å². The number of aromatic nitrogens is 3. The molecule has 0 unspecified atom stereocenters. The molecule has 0 aliphatic carbocycles. The Balaban J connectivity index is 1.33. The van der Waals surface area contributed by atoms with Crippen LogP contribution in [0.2, 0.25) is 0 Å². The molecule has 1 atom stereocenters. The van der Waals surface area contributed by atoms with Crippen molar-refractivity contribution in [2.45, 2.75) is 19.5 Å². The first-order valence-corrected chi connectivity index (χ1v) is 9.21. The molecule has 28 heavy (non-hydrogen) atoms. The Bertz CT molecular complexity index is 939. The summed E-state index contributed by atoms with van der Waals surface area (Å²) in [6.45, 7) is 1.62. The van der Waals surface area contributed by atoms with E-state index in [0.717, 1.165) is 16.8 Å². The van der Waals surface area contributed by atoms with Crippen molar-refractivity contribution in [2.24, 2.45) is 5.92 Å². The molecule has 142 valence electrons. The summed E-state index contributed by atoms with van der Waals surface area (Å²) >= 11 is 0. The zero-order valence-corrected chi connectivity index (χ0v) is 15.4. The first-order chi connectivity index (χ1) is 13.7. The smallest absolute Gasteiger partial charge is 0.229 e. The fourth-order valence-corrected chi connectivity index (χ4v) is 3.34. The first-order valence-electron chi connectivity index (χ1n) is 9.21. The Morgan fingerprint density at radius 2 is 1.79 bits per heavy atom. The number of anilines is 1. The van der Waals surface area contributed by atoms with Crippen molar-refractivity contribution >= 4 is 17.5 Å². The number of rotatable bonds is 6. The lowest BCUT2D eigenvalue weighted by molar-refractivity contribution is -0.128. The van der Waals surface area contributed by atoms with Crippen molar-refractivity contribution in [3.05, 3.63) is 78.4 Å². The van der Waals surface area contributed by atoms with Crippen LogP contribution in [0.1, 0.15) is 17.5 Å². The van der Waals surface area contributed by atoms with E-state index in [2.05, 4.69) is 15.4 Å². The van der Waals surface area contributed by atoms with Crippen LogP contribution in [0.5, 0.6) is 0 Å². The lowest BCUT2D eigenvalue weighted by Crippen LogP contribution is -2.28. The van der Waals surface area contributed by atoms with Crippen LogP contribution in [0.15, 0.2) is 67.3 Å². The summed E-state index contributed by atoms with van der Waals surface area (Å²) in [5.41, 5.74) is 2.86. The minimum atomic E-state index is -0.328. The Labute approximate surface area is 163 Å². The number of carbonyl (C=O) groups excluding carboxylic acids is 2. The minimum Gasteiger partial charge on any atom is -0.338 e. The van der Waals surface area contributed by atoms with Crippen LogP contribution >= 0.6 is 0 Å². The van der Waals surface area contributed by atoms with E-state index in [9.17, 15) is 9.59 Å². The van der Waals surface area contributed by atoms with Crippen LogP contribution in [0.4, 0.5) is 5.69 Å². The first kappa shape index (κ1) is 17.9. The number of amides is 2. The van der Waals surface area contributed by atoms with E-state index >= 15 is 0 Å². The van der Waals surface area contributed by atoms with Crippen LogP contribution in [0, 0.1) is 5.92 Å². The van der Waals surface area contributed by atoms with E-state index in [1.807, 2.05) is 54.6 Å². The monoisotopic (exact) mass is 375 g/mol. The normalized spacial score (nSPS) is 16.4. The average Bonchev–Trinajstić information content (AvgIpc) is 3.34. The number of benzene rings is 2. The molecule has 1 N–H and O–H groups in total. The molecule has 1 aliphatic rings. The van der Waals surface area contributed by atoms with Gasteiger partial charge in [0.15, 0.2) is 0 Å². The summed E-state index contributed by atoms with van der Waals surface area (Å²) in [4.78, 5) is 30.5. The van der Waals surface area contributed by atoms with E-state index < -0.39 is 0 Å². The molecule has 0 radical (unpaired) electrons. The fourth-order valence-electron chi connectivity index (χ4n) is 3.34. The maximum absolute atomic E-state index is 12.6. The maximum atomic E-state index is 12.6. The highest BCUT2D eigenvalue weighted by atomic mass is 16.2. The van der Waals surface area contributed by atoms with Crippen molar-refractivity contribution in [1.82, 2.24) is 19.7 Å². The molecule has 4 rings (SSSR count). The minimum absolute atomic E-state index is 0.0205. The average molecular weight is 375 g/mol. The van der Waals surface area contributed by atoms with Crippen molar-refractivity contribution < 1.29 is 9.59 Å². The molecule has 3 aromatic rings. The molecule has 1 saturated heterocycles. The maximum Gasteiger partial charge on any atom is 0.229 e. The Morgan fingerprint density at radius 1 is 1.04 bits per heavy atom. The summed E-state index contributed by atoms with van der Waals surface area (Å²) < 4.78 is 1.74. The standard InChI is InChI=1S/C21H21N5O2/c27-20-10-18(13-25(20)11-16-4-2-1-3-5-16)21(28)24-19-8-6-17(7-9-19)12-26-15-22-14-23-26/h1-9,14-15,18H,10-13H2,(H,24,28)/t18-/m1/s1. The zero-order valence-electron chi connectivity index (χ0n) is 15.4. The molecule has 1 fully saturated rings. The fraction of sp³-hybridized carbons (Fsp3) is 0.238. The van der Waals surface area contributed by atoms with Crippen molar-refractivity contribution in [3.63, 3.8) is 0 Å². The number of likely N-dealkylation sites (tertiary alicyclic amines) is 1. The van der Waals surface area contributed by atoms with Gasteiger partial charge in [0, 0.05) is 25.2 Å². The summed E-state index contributed by atoms with van der Waals surface area (Å²) in [5, 5.41) is 7.00. The topological polar surface area (TPSA) is 80.1 Å². The van der Waals surface area contributed by atoms with Crippen molar-refractivity contribution in [3.8, 4) is 0 Å². The van der Waals surface area contributed by atoms with E-state index in [1.54, 1.807) is 15.9 Å². The third-order valence-corrected chi connectivity index (χ3v) is 4.83. The molecule has 7 nitrogen and oxygen atoms in total. The predicted octanol–water partition coefficient (Wildman–Crippen LogP) is 2.31. The summed E-state index contributed by atoms with van der Waals surface area (Å²) in [6.07, 6.45) is 3.41. The Kier molecular flexibility index (Phi) is 5.14. The van der Waals surface area contributed by atoms with E-state index in [4.69, 9.17) is 0 Å². The molecule has 1 aliphatic heterocycles. The van der Waals surface area contributed by atoms with Crippen molar-refractivity contribution in [2.75, 3.05) is 11.9 Å². The third-order valence-electron chi connectivity index (χ3n) is 4.83. The largest absolute Gasteiger partial charge is 0.338 e. The molecule has 7 heteroatoms. The van der Waals surface area contributed by atoms with Gasteiger partial charge in [-0.25, -0.2) is 9.67 Å². The number of hydrogen-bond acceptors (Lipinski definition) is 4. The molecule has 2 heterocycles. The Morgan fingerprint density at radius 3 is 2.50 bits per heavy atom. The van der Waals surface area contributed by atoms with E-state index in [-0.39, 0.29) is 24.2 Å². The van der Waals surface area contributed by atoms with Crippen LogP contribution in [-0.2, 0) is 22.7 Å². The predicted molar refractivity (Wildman–Crippen MR) is 104 cm³/mol. The molecule has 2 aromatic carbocycles. The highest BCUT2D eigenvalue weighted by Crippen LogP contribution is 2.22. The molecule has 0 bridgehead atoms. The van der Waals surface area contributed by atoms with Gasteiger partial charge < -0.3 is 10.2 Å². The second-order valence-corrected chi connectivity index (χ2v) is 6.94. The summed E-state index contributed by atoms with van der Waals surface area (Å²) in [5.74, 6) is -0.425. The zero-order chi connectivity index (χ0) is 19.3. The van der Waals surface area contributed by atoms with Crippen LogP contribution < -0.4 is 5.32 Å². The molecule has 0 saturated carbocycles. The highest BCUT2D eigenvalue weighted by Gasteiger charge is 2.34. The van der Waals surface area contributed by atoms with Gasteiger partial charge in [-0.2, -0.15) is 5.10 Å². The number of hydrogen-bond donors (Lipinski definition) is 1. The van der Waals surface area contributed by atoms with Gasteiger partial charge in [0.05, 0.1) is 12.5 Å². The van der Waals surface area contributed by atoms with E-state index in [0.29, 0.717) is 19.6 Å². The van der Waals surface area contributed by atoms with Gasteiger partial charge in [0.25, 0.3) is 0 Å². The quantitative estimate of drug-likeness (QED) is 0.717. The summed E-state index contributed by atoms with van der Waals surface area (Å²) in [7, 11) is 0. The van der Waals surface area contributed by atoms with Crippen LogP contribution in [-0.4, -0.2) is 38.0 Å². The van der Waals surface area contributed by atoms with E-state index in [1.165, 1.54) is 6.33 Å². The van der Waals surface area contributed by atoms with Gasteiger partial charge in [-0.3, -0.25) is 9.59 Å². The molecule has 1 aromatic heterocycles. The third kappa shape index (κ3) is 4.25. The SMILES string of the molecule is O=C(Nc1ccc(Cn2cncn2)cc1)[C@@H]1CC(=O)N(Cc2ccccc2)C1. The molecular formula is C21H21N5O2. The van der Waals surface area contributed by atoms with Crippen molar-refractivity contribution in [1.29, 1.82) is 0 Å². The van der Waals surface area contributed by atoms with Crippen LogP contribution in [0.25, 0.3) is 0 Å². The lowest BCUT2D eigenvalue weighted by Gasteiger charge is -2.16. The summed E-state index contributed by atoms with van der Waals surface area (Å²) in [6, 6.07) is 17.4. The number of carbonyl (C=O) groups is 2. The van der Waals surface area contributed by atoms with Crippen LogP contribution in [0.3, 0.4) is 0 Å². The molecule has 2 amide bonds. The Hall–Kier alpha value is -3.48. The lowest BCUT2D eigenvalue weighted by atomic mass is 10.1. The molecule has 0 spiro atoms. The second-order valence-electron chi connectivity index (χ2n) is 6.94. The highest BCUT2D eigenvalue weighted by molar-refractivity contribution is 5.97.